The van der Waals surface area contributed by atoms with Gasteiger partial charge < -0.3 is 4.90 Å². The SMILES string of the molecule is CN(C)c1ccccc1S(=O)(=O)F. The lowest BCUT2D eigenvalue weighted by molar-refractivity contribution is 0.552. The summed E-state index contributed by atoms with van der Waals surface area (Å²) in [4.78, 5) is 1.26. The molecule has 0 aromatic heterocycles. The van der Waals surface area contributed by atoms with E-state index in [2.05, 4.69) is 0 Å². The maximum absolute atomic E-state index is 12.7. The molecule has 0 bridgehead atoms. The maximum Gasteiger partial charge on any atom is 0.334 e. The maximum atomic E-state index is 12.7. The van der Waals surface area contributed by atoms with Gasteiger partial charge in [0.25, 0.3) is 0 Å². The Labute approximate surface area is 77.0 Å². The minimum atomic E-state index is -4.62. The van der Waals surface area contributed by atoms with Gasteiger partial charge in [0.1, 0.15) is 4.90 Å². The van der Waals surface area contributed by atoms with Crippen molar-refractivity contribution in [2.24, 2.45) is 0 Å². The van der Waals surface area contributed by atoms with Crippen LogP contribution in [0.1, 0.15) is 0 Å². The largest absolute Gasteiger partial charge is 0.377 e. The molecule has 1 aromatic rings. The van der Waals surface area contributed by atoms with E-state index in [1.54, 1.807) is 31.1 Å². The number of anilines is 1. The average Bonchev–Trinajstić information content (AvgIpc) is 2.03. The Bertz CT molecular complexity index is 400. The summed E-state index contributed by atoms with van der Waals surface area (Å²) >= 11 is 0. The first kappa shape index (κ1) is 9.98. The summed E-state index contributed by atoms with van der Waals surface area (Å²) in [6.07, 6.45) is 0. The van der Waals surface area contributed by atoms with Gasteiger partial charge in [0, 0.05) is 14.1 Å². The summed E-state index contributed by atoms with van der Waals surface area (Å²) in [5.41, 5.74) is 0.352. The van der Waals surface area contributed by atoms with E-state index in [0.717, 1.165) is 0 Å². The molecular weight excluding hydrogens is 193 g/mol. The topological polar surface area (TPSA) is 37.4 Å². The molecule has 0 fully saturated rings. The third-order valence-electron chi connectivity index (χ3n) is 1.61. The fraction of sp³-hybridized carbons (Fsp3) is 0.250. The molecule has 0 aliphatic heterocycles. The zero-order chi connectivity index (χ0) is 10.1. The normalized spacial score (nSPS) is 11.3. The van der Waals surface area contributed by atoms with Crippen molar-refractivity contribution in [1.29, 1.82) is 0 Å². The highest BCUT2D eigenvalue weighted by molar-refractivity contribution is 7.86. The lowest BCUT2D eigenvalue weighted by atomic mass is 10.3. The summed E-state index contributed by atoms with van der Waals surface area (Å²) in [6.45, 7) is 0. The van der Waals surface area contributed by atoms with Crippen molar-refractivity contribution in [2.45, 2.75) is 4.90 Å². The smallest absolute Gasteiger partial charge is 0.334 e. The van der Waals surface area contributed by atoms with Crippen LogP contribution in [0.25, 0.3) is 0 Å². The Kier molecular flexibility index (Phi) is 2.56. The van der Waals surface area contributed by atoms with E-state index >= 15 is 0 Å². The lowest BCUT2D eigenvalue weighted by Crippen LogP contribution is -2.12. The Morgan fingerprint density at radius 2 is 1.77 bits per heavy atom. The molecule has 0 aliphatic rings. The predicted octanol–water partition coefficient (Wildman–Crippen LogP) is 1.41. The Morgan fingerprint density at radius 3 is 2.15 bits per heavy atom. The molecule has 1 rings (SSSR count). The van der Waals surface area contributed by atoms with Crippen molar-refractivity contribution in [3.63, 3.8) is 0 Å². The lowest BCUT2D eigenvalue weighted by Gasteiger charge is -2.14. The quantitative estimate of drug-likeness (QED) is 0.682. The first-order valence-corrected chi connectivity index (χ1v) is 5.02. The van der Waals surface area contributed by atoms with Crippen molar-refractivity contribution in [2.75, 3.05) is 19.0 Å². The third-order valence-corrected chi connectivity index (χ3v) is 2.48. The first-order valence-electron chi connectivity index (χ1n) is 3.64. The number of rotatable bonds is 2. The molecule has 0 amide bonds. The summed E-state index contributed by atoms with van der Waals surface area (Å²) < 4.78 is 34.0. The molecule has 0 saturated carbocycles. The molecule has 0 atom stereocenters. The highest BCUT2D eigenvalue weighted by atomic mass is 32.3. The standard InChI is InChI=1S/C8H10FNO2S/c1-10(2)7-5-3-4-6-8(7)13(9,11)12/h3-6H,1-2H3. The molecule has 0 unspecified atom stereocenters. The second-order valence-corrected chi connectivity index (χ2v) is 4.12. The second-order valence-electron chi connectivity index (χ2n) is 2.80. The summed E-state index contributed by atoms with van der Waals surface area (Å²) in [6, 6.07) is 5.93. The van der Waals surface area contributed by atoms with Gasteiger partial charge in [-0.15, -0.1) is 3.89 Å². The number of hydrogen-bond donors (Lipinski definition) is 0. The molecule has 13 heavy (non-hydrogen) atoms. The van der Waals surface area contributed by atoms with Gasteiger partial charge in [-0.2, -0.15) is 8.42 Å². The Balaban J connectivity index is 3.37. The Hall–Kier alpha value is -1.10. The molecule has 1 aromatic carbocycles. The fourth-order valence-electron chi connectivity index (χ4n) is 1.03. The Morgan fingerprint density at radius 1 is 1.23 bits per heavy atom. The van der Waals surface area contributed by atoms with Crippen molar-refractivity contribution in [3.05, 3.63) is 24.3 Å². The van der Waals surface area contributed by atoms with E-state index in [1.807, 2.05) is 0 Å². The second kappa shape index (κ2) is 3.33. The molecule has 0 radical (unpaired) electrons. The number of hydrogen-bond acceptors (Lipinski definition) is 3. The first-order chi connectivity index (χ1) is 5.93. The zero-order valence-corrected chi connectivity index (χ0v) is 8.18. The van der Waals surface area contributed by atoms with E-state index in [1.165, 1.54) is 12.1 Å². The monoisotopic (exact) mass is 203 g/mol. The number of para-hydroxylation sites is 1. The molecule has 0 N–H and O–H groups in total. The van der Waals surface area contributed by atoms with Crippen LogP contribution >= 0.6 is 0 Å². The molecule has 3 nitrogen and oxygen atoms in total. The van der Waals surface area contributed by atoms with Gasteiger partial charge in [-0.1, -0.05) is 12.1 Å². The van der Waals surface area contributed by atoms with Gasteiger partial charge in [-0.3, -0.25) is 0 Å². The van der Waals surface area contributed by atoms with E-state index in [4.69, 9.17) is 0 Å². The number of halogens is 1. The summed E-state index contributed by atoms with van der Waals surface area (Å²) in [7, 11) is -1.31. The van der Waals surface area contributed by atoms with Crippen LogP contribution in [-0.2, 0) is 10.2 Å². The summed E-state index contributed by atoms with van der Waals surface area (Å²) in [5.74, 6) is 0. The highest BCUT2D eigenvalue weighted by Crippen LogP contribution is 2.24. The number of benzene rings is 1. The van der Waals surface area contributed by atoms with Crippen LogP contribution in [0.3, 0.4) is 0 Å². The van der Waals surface area contributed by atoms with Crippen LogP contribution in [0.15, 0.2) is 29.2 Å². The molecular formula is C8H10FNO2S. The minimum Gasteiger partial charge on any atom is -0.377 e. The van der Waals surface area contributed by atoms with Crippen molar-refractivity contribution < 1.29 is 12.3 Å². The van der Waals surface area contributed by atoms with Gasteiger partial charge in [-0.05, 0) is 12.1 Å². The molecule has 5 heteroatoms. The van der Waals surface area contributed by atoms with Crippen LogP contribution in [0.4, 0.5) is 9.57 Å². The van der Waals surface area contributed by atoms with Crippen LogP contribution < -0.4 is 4.90 Å². The van der Waals surface area contributed by atoms with Gasteiger partial charge in [0.15, 0.2) is 0 Å². The summed E-state index contributed by atoms with van der Waals surface area (Å²) in [5, 5.41) is 0. The average molecular weight is 203 g/mol. The third kappa shape index (κ3) is 2.18. The molecule has 0 heterocycles. The minimum absolute atomic E-state index is 0.292. The molecule has 72 valence electrons. The molecule has 0 saturated heterocycles. The predicted molar refractivity (Wildman–Crippen MR) is 49.1 cm³/mol. The number of nitrogens with zero attached hydrogens (tertiary/aromatic N) is 1. The van der Waals surface area contributed by atoms with Gasteiger partial charge in [0.2, 0.25) is 0 Å². The van der Waals surface area contributed by atoms with E-state index < -0.39 is 10.2 Å². The van der Waals surface area contributed by atoms with Crippen molar-refractivity contribution >= 4 is 15.9 Å². The van der Waals surface area contributed by atoms with E-state index in [-0.39, 0.29) is 4.90 Å². The van der Waals surface area contributed by atoms with Crippen LogP contribution in [-0.4, -0.2) is 22.5 Å². The van der Waals surface area contributed by atoms with Crippen LogP contribution in [0.2, 0.25) is 0 Å². The highest BCUT2D eigenvalue weighted by Gasteiger charge is 2.17. The van der Waals surface area contributed by atoms with Gasteiger partial charge in [-0.25, -0.2) is 0 Å². The van der Waals surface area contributed by atoms with E-state index in [0.29, 0.717) is 5.69 Å². The van der Waals surface area contributed by atoms with Crippen molar-refractivity contribution in [1.82, 2.24) is 0 Å². The van der Waals surface area contributed by atoms with E-state index in [9.17, 15) is 12.3 Å². The van der Waals surface area contributed by atoms with Crippen molar-refractivity contribution in [3.8, 4) is 0 Å². The van der Waals surface area contributed by atoms with Crippen LogP contribution in [0.5, 0.6) is 0 Å². The van der Waals surface area contributed by atoms with Gasteiger partial charge >= 0.3 is 10.2 Å². The molecule has 0 aliphatic carbocycles. The molecule has 0 spiro atoms. The fourth-order valence-corrected chi connectivity index (χ4v) is 1.77. The van der Waals surface area contributed by atoms with Gasteiger partial charge in [0.05, 0.1) is 5.69 Å². The van der Waals surface area contributed by atoms with Crippen LogP contribution in [0, 0.1) is 0 Å². The zero-order valence-electron chi connectivity index (χ0n) is 7.36.